The summed E-state index contributed by atoms with van der Waals surface area (Å²) in [4.78, 5) is 13.9. The highest BCUT2D eigenvalue weighted by Gasteiger charge is 2.32. The van der Waals surface area contributed by atoms with E-state index in [-0.39, 0.29) is 29.9 Å². The maximum absolute atomic E-state index is 13.7. The Balaban J connectivity index is 0.00000200. The van der Waals surface area contributed by atoms with Crippen LogP contribution >= 0.6 is 12.4 Å². The third-order valence-electron chi connectivity index (χ3n) is 3.80. The molecule has 1 fully saturated rings. The van der Waals surface area contributed by atoms with Gasteiger partial charge >= 0.3 is 0 Å². The van der Waals surface area contributed by atoms with Gasteiger partial charge in [0, 0.05) is 19.1 Å². The Hall–Kier alpha value is -1.20. The summed E-state index contributed by atoms with van der Waals surface area (Å²) < 4.78 is 26.9. The lowest BCUT2D eigenvalue weighted by atomic mass is 9.90. The molecular weight excluding hydrogens is 286 g/mol. The number of carbonyl (C=O) groups excluding carboxylic acids is 1. The van der Waals surface area contributed by atoms with E-state index in [9.17, 15) is 13.6 Å². The van der Waals surface area contributed by atoms with Crippen molar-refractivity contribution in [3.05, 3.63) is 35.4 Å². The summed E-state index contributed by atoms with van der Waals surface area (Å²) in [5, 5.41) is 0. The van der Waals surface area contributed by atoms with Crippen LogP contribution in [0.3, 0.4) is 0 Å². The summed E-state index contributed by atoms with van der Waals surface area (Å²) in [7, 11) is 0. The number of benzene rings is 1. The van der Waals surface area contributed by atoms with Gasteiger partial charge in [0.2, 0.25) is 0 Å². The molecule has 1 heterocycles. The smallest absolute Gasteiger partial charge is 0.257 e. The highest BCUT2D eigenvalue weighted by Crippen LogP contribution is 2.25. The Kier molecular flexibility index (Phi) is 5.89. The summed E-state index contributed by atoms with van der Waals surface area (Å²) >= 11 is 0. The van der Waals surface area contributed by atoms with Gasteiger partial charge in [-0.1, -0.05) is 13.0 Å². The number of halogens is 3. The number of hydrogen-bond donors (Lipinski definition) is 1. The molecule has 1 aromatic rings. The first kappa shape index (κ1) is 16.9. The first-order valence-corrected chi connectivity index (χ1v) is 6.51. The second kappa shape index (κ2) is 6.99. The van der Waals surface area contributed by atoms with Gasteiger partial charge < -0.3 is 10.6 Å². The zero-order valence-corrected chi connectivity index (χ0v) is 12.1. The molecule has 3 nitrogen and oxygen atoms in total. The van der Waals surface area contributed by atoms with E-state index in [2.05, 4.69) is 0 Å². The number of amides is 1. The van der Waals surface area contributed by atoms with E-state index >= 15 is 0 Å². The third kappa shape index (κ3) is 3.10. The topological polar surface area (TPSA) is 46.3 Å². The van der Waals surface area contributed by atoms with Crippen LogP contribution in [0.5, 0.6) is 0 Å². The summed E-state index contributed by atoms with van der Waals surface area (Å²) in [5.41, 5.74) is 5.49. The highest BCUT2D eigenvalue weighted by molar-refractivity contribution is 5.94. The van der Waals surface area contributed by atoms with Crippen molar-refractivity contribution in [2.75, 3.05) is 13.1 Å². The van der Waals surface area contributed by atoms with Crippen LogP contribution in [0.4, 0.5) is 8.78 Å². The Labute approximate surface area is 123 Å². The predicted molar refractivity (Wildman–Crippen MR) is 75.9 cm³/mol. The van der Waals surface area contributed by atoms with Crippen LogP contribution in [-0.2, 0) is 0 Å². The summed E-state index contributed by atoms with van der Waals surface area (Å²) in [6, 6.07) is 3.55. The van der Waals surface area contributed by atoms with Crippen LogP contribution in [0.1, 0.15) is 30.1 Å². The first-order chi connectivity index (χ1) is 9.06. The summed E-state index contributed by atoms with van der Waals surface area (Å²) in [5.74, 6) is -2.28. The minimum Gasteiger partial charge on any atom is -0.334 e. The molecule has 0 bridgehead atoms. The van der Waals surface area contributed by atoms with Gasteiger partial charge in [-0.05, 0) is 30.9 Å². The van der Waals surface area contributed by atoms with Crippen molar-refractivity contribution in [1.82, 2.24) is 4.90 Å². The van der Waals surface area contributed by atoms with Crippen molar-refractivity contribution < 1.29 is 13.6 Å². The van der Waals surface area contributed by atoms with Crippen LogP contribution in [0.25, 0.3) is 0 Å². The lowest BCUT2D eigenvalue weighted by Crippen LogP contribution is -2.51. The molecule has 2 unspecified atom stereocenters. The molecule has 2 atom stereocenters. The van der Waals surface area contributed by atoms with Crippen molar-refractivity contribution in [1.29, 1.82) is 0 Å². The molecule has 0 aliphatic carbocycles. The fourth-order valence-electron chi connectivity index (χ4n) is 2.68. The van der Waals surface area contributed by atoms with Gasteiger partial charge in [-0.25, -0.2) is 8.78 Å². The molecule has 0 spiro atoms. The second-order valence-electron chi connectivity index (χ2n) is 5.02. The number of nitrogens with two attached hydrogens (primary N) is 1. The largest absolute Gasteiger partial charge is 0.334 e. The molecule has 20 heavy (non-hydrogen) atoms. The number of carbonyl (C=O) groups is 1. The summed E-state index contributed by atoms with van der Waals surface area (Å²) in [6.07, 6.45) is 1.86. The molecule has 112 valence electrons. The zero-order valence-electron chi connectivity index (χ0n) is 11.3. The molecular formula is C14H19ClF2N2O. The number of hydrogen-bond acceptors (Lipinski definition) is 2. The monoisotopic (exact) mass is 304 g/mol. The van der Waals surface area contributed by atoms with Gasteiger partial charge in [0.05, 0.1) is 5.56 Å². The van der Waals surface area contributed by atoms with Crippen molar-refractivity contribution in [2.24, 2.45) is 11.7 Å². The standard InChI is InChI=1S/C14H18F2N2O.ClH/c1-9-4-3-7-18(12(9)8-17)14(19)10-5-2-6-11(15)13(10)16;/h2,5-6,9,12H,3-4,7-8,17H2,1H3;1H. The molecule has 2 rings (SSSR count). The number of piperidine rings is 1. The molecule has 0 saturated carbocycles. The van der Waals surface area contributed by atoms with E-state index in [4.69, 9.17) is 5.73 Å². The van der Waals surface area contributed by atoms with Crippen LogP contribution in [0, 0.1) is 17.6 Å². The lowest BCUT2D eigenvalue weighted by molar-refractivity contribution is 0.0527. The van der Waals surface area contributed by atoms with Gasteiger partial charge in [-0.2, -0.15) is 0 Å². The van der Waals surface area contributed by atoms with Gasteiger partial charge in [0.25, 0.3) is 5.91 Å². The van der Waals surface area contributed by atoms with Crippen molar-refractivity contribution in [3.8, 4) is 0 Å². The number of rotatable bonds is 2. The number of likely N-dealkylation sites (tertiary alicyclic amines) is 1. The van der Waals surface area contributed by atoms with Crippen molar-refractivity contribution in [3.63, 3.8) is 0 Å². The van der Waals surface area contributed by atoms with E-state index in [0.29, 0.717) is 13.1 Å². The molecule has 1 saturated heterocycles. The van der Waals surface area contributed by atoms with Crippen LogP contribution in [0.15, 0.2) is 18.2 Å². The Bertz CT molecular complexity index is 484. The molecule has 0 radical (unpaired) electrons. The Morgan fingerprint density at radius 2 is 2.15 bits per heavy atom. The SMILES string of the molecule is CC1CCCN(C(=O)c2cccc(F)c2F)C1CN.Cl. The molecule has 1 aliphatic rings. The predicted octanol–water partition coefficient (Wildman–Crippen LogP) is 2.59. The van der Waals surface area contributed by atoms with Crippen LogP contribution in [0.2, 0.25) is 0 Å². The lowest BCUT2D eigenvalue weighted by Gasteiger charge is -2.39. The molecule has 2 N–H and O–H groups in total. The van der Waals surface area contributed by atoms with Crippen molar-refractivity contribution >= 4 is 18.3 Å². The fraction of sp³-hybridized carbons (Fsp3) is 0.500. The van der Waals surface area contributed by atoms with Gasteiger partial charge in [-0.15, -0.1) is 12.4 Å². The van der Waals surface area contributed by atoms with Crippen LogP contribution in [-0.4, -0.2) is 29.9 Å². The maximum Gasteiger partial charge on any atom is 0.257 e. The maximum atomic E-state index is 13.7. The Morgan fingerprint density at radius 3 is 2.80 bits per heavy atom. The van der Waals surface area contributed by atoms with Gasteiger partial charge in [0.15, 0.2) is 11.6 Å². The van der Waals surface area contributed by atoms with Gasteiger partial charge in [0.1, 0.15) is 0 Å². The average Bonchev–Trinajstić information content (AvgIpc) is 2.41. The second-order valence-corrected chi connectivity index (χ2v) is 5.02. The van der Waals surface area contributed by atoms with E-state index in [1.54, 1.807) is 4.90 Å². The summed E-state index contributed by atoms with van der Waals surface area (Å²) in [6.45, 7) is 2.91. The fourth-order valence-corrected chi connectivity index (χ4v) is 2.68. The highest BCUT2D eigenvalue weighted by atomic mass is 35.5. The molecule has 0 aromatic heterocycles. The van der Waals surface area contributed by atoms with E-state index < -0.39 is 17.5 Å². The molecule has 6 heteroatoms. The first-order valence-electron chi connectivity index (χ1n) is 6.51. The minimum atomic E-state index is -1.08. The number of nitrogens with zero attached hydrogens (tertiary/aromatic N) is 1. The quantitative estimate of drug-likeness (QED) is 0.913. The zero-order chi connectivity index (χ0) is 14.0. The molecule has 1 aliphatic heterocycles. The molecule has 1 amide bonds. The van der Waals surface area contributed by atoms with E-state index in [1.165, 1.54) is 12.1 Å². The normalized spacial score (nSPS) is 22.3. The van der Waals surface area contributed by atoms with Crippen LogP contribution < -0.4 is 5.73 Å². The average molecular weight is 305 g/mol. The van der Waals surface area contributed by atoms with E-state index in [1.807, 2.05) is 6.92 Å². The molecule has 1 aromatic carbocycles. The van der Waals surface area contributed by atoms with Crippen molar-refractivity contribution in [2.45, 2.75) is 25.8 Å². The Morgan fingerprint density at radius 1 is 1.45 bits per heavy atom. The van der Waals surface area contributed by atoms with E-state index in [0.717, 1.165) is 18.9 Å². The third-order valence-corrected chi connectivity index (χ3v) is 3.80. The minimum absolute atomic E-state index is 0. The van der Waals surface area contributed by atoms with Gasteiger partial charge in [-0.3, -0.25) is 4.79 Å².